The van der Waals surface area contributed by atoms with Gasteiger partial charge in [0.05, 0.1) is 18.4 Å². The van der Waals surface area contributed by atoms with Crippen molar-refractivity contribution in [2.45, 2.75) is 45.9 Å². The van der Waals surface area contributed by atoms with Crippen LogP contribution in [0.4, 0.5) is 0 Å². The van der Waals surface area contributed by atoms with Gasteiger partial charge in [-0.05, 0) is 31.9 Å². The van der Waals surface area contributed by atoms with Gasteiger partial charge in [-0.3, -0.25) is 9.48 Å². The monoisotopic (exact) mass is 327 g/mol. The molecule has 1 fully saturated rings. The summed E-state index contributed by atoms with van der Waals surface area (Å²) < 4.78 is 7.85. The van der Waals surface area contributed by atoms with Gasteiger partial charge in [0.1, 0.15) is 0 Å². The highest BCUT2D eigenvalue weighted by atomic mass is 16.5. The summed E-state index contributed by atoms with van der Waals surface area (Å²) in [6, 6.07) is 12.2. The zero-order valence-electron chi connectivity index (χ0n) is 14.4. The molecule has 1 aliphatic rings. The van der Waals surface area contributed by atoms with Crippen molar-refractivity contribution >= 4 is 5.91 Å². The number of hydrogen-bond donors (Lipinski definition) is 0. The largest absolute Gasteiger partial charge is 0.372 e. The molecule has 1 unspecified atom stereocenters. The zero-order chi connectivity index (χ0) is 16.9. The van der Waals surface area contributed by atoms with Gasteiger partial charge in [-0.2, -0.15) is 5.10 Å². The molecular formula is C19H25N3O2. The molecule has 0 spiro atoms. The van der Waals surface area contributed by atoms with E-state index in [-0.39, 0.29) is 12.0 Å². The van der Waals surface area contributed by atoms with Gasteiger partial charge in [-0.25, -0.2) is 0 Å². The number of aryl methyl sites for hydroxylation is 3. The molecule has 5 heteroatoms. The maximum atomic E-state index is 12.4. The van der Waals surface area contributed by atoms with E-state index in [1.165, 1.54) is 5.56 Å². The van der Waals surface area contributed by atoms with Gasteiger partial charge in [0.25, 0.3) is 0 Å². The molecule has 1 amide bonds. The number of ether oxygens (including phenoxy) is 1. The summed E-state index contributed by atoms with van der Waals surface area (Å²) in [6.07, 6.45) is 1.55. The Bertz CT molecular complexity index is 681. The van der Waals surface area contributed by atoms with Crippen molar-refractivity contribution < 1.29 is 9.53 Å². The molecule has 1 aromatic carbocycles. The highest BCUT2D eigenvalue weighted by Crippen LogP contribution is 2.16. The molecule has 3 rings (SSSR count). The quantitative estimate of drug-likeness (QED) is 0.819. The highest BCUT2D eigenvalue weighted by Gasteiger charge is 2.26. The molecule has 24 heavy (non-hydrogen) atoms. The molecule has 1 aliphatic heterocycles. The summed E-state index contributed by atoms with van der Waals surface area (Å²) >= 11 is 0. The second-order valence-corrected chi connectivity index (χ2v) is 6.45. The minimum Gasteiger partial charge on any atom is -0.372 e. The Hall–Kier alpha value is -2.14. The SMILES string of the molecule is Cc1cc(C)n(CCC(=O)N2CCC(OCc3ccccc3)C2)n1. The lowest BCUT2D eigenvalue weighted by Gasteiger charge is -2.17. The number of amides is 1. The van der Waals surface area contributed by atoms with Crippen molar-refractivity contribution in [2.75, 3.05) is 13.1 Å². The first kappa shape index (κ1) is 16.7. The summed E-state index contributed by atoms with van der Waals surface area (Å²) in [5.74, 6) is 0.188. The molecule has 0 bridgehead atoms. The lowest BCUT2D eigenvalue weighted by Crippen LogP contribution is -2.31. The maximum Gasteiger partial charge on any atom is 0.224 e. The first-order valence-corrected chi connectivity index (χ1v) is 8.56. The number of carbonyl (C=O) groups excluding carboxylic acids is 1. The normalized spacial score (nSPS) is 17.4. The van der Waals surface area contributed by atoms with Crippen LogP contribution in [0.5, 0.6) is 0 Å². The van der Waals surface area contributed by atoms with E-state index in [4.69, 9.17) is 4.74 Å². The second-order valence-electron chi connectivity index (χ2n) is 6.45. The van der Waals surface area contributed by atoms with Gasteiger partial charge in [0, 0.05) is 31.7 Å². The van der Waals surface area contributed by atoms with Gasteiger partial charge in [0.2, 0.25) is 5.91 Å². The van der Waals surface area contributed by atoms with E-state index in [9.17, 15) is 4.79 Å². The summed E-state index contributed by atoms with van der Waals surface area (Å²) in [6.45, 7) is 6.73. The van der Waals surface area contributed by atoms with Crippen molar-refractivity contribution in [3.63, 3.8) is 0 Å². The average Bonchev–Trinajstić information content (AvgIpc) is 3.18. The van der Waals surface area contributed by atoms with Crippen LogP contribution in [0, 0.1) is 13.8 Å². The molecule has 0 saturated carbocycles. The van der Waals surface area contributed by atoms with Crippen LogP contribution in [0.25, 0.3) is 0 Å². The molecule has 128 valence electrons. The number of hydrogen-bond acceptors (Lipinski definition) is 3. The fourth-order valence-electron chi connectivity index (χ4n) is 3.14. The van der Waals surface area contributed by atoms with Crippen LogP contribution in [0.3, 0.4) is 0 Å². The Balaban J connectivity index is 1.43. The molecule has 2 aromatic rings. The standard InChI is InChI=1S/C19H25N3O2/c1-15-12-16(2)22(20-15)11-9-19(23)21-10-8-18(13-21)24-14-17-6-4-3-5-7-17/h3-7,12,18H,8-11,13-14H2,1-2H3. The molecule has 1 atom stereocenters. The summed E-state index contributed by atoms with van der Waals surface area (Å²) in [4.78, 5) is 14.3. The Morgan fingerprint density at radius 1 is 1.29 bits per heavy atom. The number of aromatic nitrogens is 2. The van der Waals surface area contributed by atoms with E-state index in [2.05, 4.69) is 17.2 Å². The second kappa shape index (κ2) is 7.62. The number of carbonyl (C=O) groups is 1. The van der Waals surface area contributed by atoms with Crippen molar-refractivity contribution in [1.29, 1.82) is 0 Å². The predicted octanol–water partition coefficient (Wildman–Crippen LogP) is 2.71. The van der Waals surface area contributed by atoms with E-state index in [0.29, 0.717) is 26.1 Å². The topological polar surface area (TPSA) is 47.4 Å². The first-order valence-electron chi connectivity index (χ1n) is 8.56. The van der Waals surface area contributed by atoms with Crippen LogP contribution < -0.4 is 0 Å². The molecule has 1 aromatic heterocycles. The fourth-order valence-corrected chi connectivity index (χ4v) is 3.14. The van der Waals surface area contributed by atoms with Crippen molar-refractivity contribution in [3.8, 4) is 0 Å². The van der Waals surface area contributed by atoms with Crippen LogP contribution in [0.2, 0.25) is 0 Å². The van der Waals surface area contributed by atoms with Crippen LogP contribution in [0.1, 0.15) is 29.8 Å². The molecule has 0 N–H and O–H groups in total. The molecule has 0 radical (unpaired) electrons. The molecule has 1 saturated heterocycles. The van der Waals surface area contributed by atoms with Crippen molar-refractivity contribution in [3.05, 3.63) is 53.3 Å². The van der Waals surface area contributed by atoms with Crippen LogP contribution >= 0.6 is 0 Å². The lowest BCUT2D eigenvalue weighted by atomic mass is 10.2. The van der Waals surface area contributed by atoms with Crippen LogP contribution in [0.15, 0.2) is 36.4 Å². The molecule has 0 aliphatic carbocycles. The summed E-state index contributed by atoms with van der Waals surface area (Å²) in [5, 5.41) is 4.41. The van der Waals surface area contributed by atoms with Gasteiger partial charge in [-0.15, -0.1) is 0 Å². The van der Waals surface area contributed by atoms with E-state index in [1.807, 2.05) is 47.7 Å². The summed E-state index contributed by atoms with van der Waals surface area (Å²) in [5.41, 5.74) is 3.27. The number of rotatable bonds is 6. The highest BCUT2D eigenvalue weighted by molar-refractivity contribution is 5.76. The van der Waals surface area contributed by atoms with Gasteiger partial charge >= 0.3 is 0 Å². The average molecular weight is 327 g/mol. The number of likely N-dealkylation sites (tertiary alicyclic amines) is 1. The van der Waals surface area contributed by atoms with E-state index in [1.54, 1.807) is 0 Å². The third kappa shape index (κ3) is 4.23. The van der Waals surface area contributed by atoms with Gasteiger partial charge < -0.3 is 9.64 Å². The molecular weight excluding hydrogens is 302 g/mol. The third-order valence-electron chi connectivity index (χ3n) is 4.47. The Morgan fingerprint density at radius 3 is 2.79 bits per heavy atom. The van der Waals surface area contributed by atoms with Crippen molar-refractivity contribution in [2.24, 2.45) is 0 Å². The molecule has 5 nitrogen and oxygen atoms in total. The molecule has 2 heterocycles. The minimum absolute atomic E-state index is 0.142. The van der Waals surface area contributed by atoms with E-state index >= 15 is 0 Å². The smallest absolute Gasteiger partial charge is 0.224 e. The maximum absolute atomic E-state index is 12.4. The Morgan fingerprint density at radius 2 is 2.08 bits per heavy atom. The third-order valence-corrected chi connectivity index (χ3v) is 4.47. The number of nitrogens with zero attached hydrogens (tertiary/aromatic N) is 3. The van der Waals surface area contributed by atoms with Crippen molar-refractivity contribution in [1.82, 2.24) is 14.7 Å². The minimum atomic E-state index is 0.142. The lowest BCUT2D eigenvalue weighted by molar-refractivity contribution is -0.131. The number of benzene rings is 1. The fraction of sp³-hybridized carbons (Fsp3) is 0.474. The Kier molecular flexibility index (Phi) is 5.30. The predicted molar refractivity (Wildman–Crippen MR) is 92.5 cm³/mol. The van der Waals surface area contributed by atoms with Gasteiger partial charge in [-0.1, -0.05) is 30.3 Å². The van der Waals surface area contributed by atoms with Gasteiger partial charge in [0.15, 0.2) is 0 Å². The summed E-state index contributed by atoms with van der Waals surface area (Å²) in [7, 11) is 0. The zero-order valence-corrected chi connectivity index (χ0v) is 14.4. The Labute approximate surface area is 143 Å². The van der Waals surface area contributed by atoms with Crippen LogP contribution in [-0.2, 0) is 22.7 Å². The first-order chi connectivity index (χ1) is 11.6. The van der Waals surface area contributed by atoms with Crippen LogP contribution in [-0.4, -0.2) is 39.8 Å². The van der Waals surface area contributed by atoms with E-state index in [0.717, 1.165) is 24.4 Å². The van der Waals surface area contributed by atoms with E-state index < -0.39 is 0 Å².